The standard InChI is InChI=1S/C26H28N8O/c1-17(2)9-11-34-24-23(20(12-27)25(34)32-10-5-7-19(28)14-32)30-16-33(26(24)35)15-22-29-13-18-6-3-4-8-21(18)31-22/h3-4,6,8-9,13,16,19H,5,7,10-11,14-15,28H2,1-2H3/t19-/m0/s1. The zero-order chi connectivity index (χ0) is 24.5. The van der Waals surface area contributed by atoms with Crippen LogP contribution in [0.3, 0.4) is 0 Å². The Balaban J connectivity index is 1.66. The van der Waals surface area contributed by atoms with Gasteiger partial charge >= 0.3 is 0 Å². The molecule has 4 heterocycles. The fourth-order valence-corrected chi connectivity index (χ4v) is 4.69. The highest BCUT2D eigenvalue weighted by atomic mass is 16.1. The Morgan fingerprint density at radius 2 is 2.11 bits per heavy atom. The third-order valence-corrected chi connectivity index (χ3v) is 6.40. The zero-order valence-corrected chi connectivity index (χ0v) is 20.0. The van der Waals surface area contributed by atoms with Crippen LogP contribution in [0, 0.1) is 11.3 Å². The molecule has 5 rings (SSSR count). The molecule has 0 spiro atoms. The van der Waals surface area contributed by atoms with Crippen LogP contribution >= 0.6 is 0 Å². The fraction of sp³-hybridized carbons (Fsp3) is 0.346. The van der Waals surface area contributed by atoms with Crippen LogP contribution in [0.25, 0.3) is 21.9 Å². The van der Waals surface area contributed by atoms with E-state index >= 15 is 0 Å². The van der Waals surface area contributed by atoms with Crippen molar-refractivity contribution in [2.24, 2.45) is 5.73 Å². The summed E-state index contributed by atoms with van der Waals surface area (Å²) in [6.07, 6.45) is 7.19. The van der Waals surface area contributed by atoms with Crippen LogP contribution in [0.5, 0.6) is 0 Å². The Labute approximate surface area is 203 Å². The van der Waals surface area contributed by atoms with Crippen molar-refractivity contribution in [1.82, 2.24) is 24.1 Å². The quantitative estimate of drug-likeness (QED) is 0.447. The van der Waals surface area contributed by atoms with E-state index in [2.05, 4.69) is 32.0 Å². The maximum atomic E-state index is 13.8. The number of nitrogens with zero attached hydrogens (tertiary/aromatic N) is 7. The zero-order valence-electron chi connectivity index (χ0n) is 20.0. The lowest BCUT2D eigenvalue weighted by Crippen LogP contribution is -2.44. The van der Waals surface area contributed by atoms with Crippen molar-refractivity contribution < 1.29 is 0 Å². The van der Waals surface area contributed by atoms with E-state index in [-0.39, 0.29) is 18.1 Å². The van der Waals surface area contributed by atoms with Crippen molar-refractivity contribution in [3.63, 3.8) is 0 Å². The van der Waals surface area contributed by atoms with Gasteiger partial charge in [-0.05, 0) is 32.8 Å². The third kappa shape index (κ3) is 4.29. The van der Waals surface area contributed by atoms with E-state index < -0.39 is 0 Å². The Bertz CT molecular complexity index is 1540. The topological polar surface area (TPSA) is 119 Å². The van der Waals surface area contributed by atoms with Crippen LogP contribution in [0.4, 0.5) is 5.82 Å². The number of piperidine rings is 1. The largest absolute Gasteiger partial charge is 0.355 e. The number of anilines is 1. The number of rotatable bonds is 5. The normalized spacial score (nSPS) is 15.9. The maximum Gasteiger partial charge on any atom is 0.278 e. The molecule has 1 fully saturated rings. The molecule has 1 aromatic carbocycles. The molecule has 9 nitrogen and oxygen atoms in total. The summed E-state index contributed by atoms with van der Waals surface area (Å²) in [6.45, 7) is 6.11. The Kier molecular flexibility index (Phi) is 6.05. The average molecular weight is 469 g/mol. The number of nitrogens with two attached hydrogens (primary N) is 1. The molecule has 9 heteroatoms. The first-order valence-corrected chi connectivity index (χ1v) is 11.8. The molecule has 1 aliphatic heterocycles. The van der Waals surface area contributed by atoms with Crippen LogP contribution in [-0.4, -0.2) is 43.2 Å². The molecule has 35 heavy (non-hydrogen) atoms. The number of hydrogen-bond acceptors (Lipinski definition) is 7. The predicted octanol–water partition coefficient (Wildman–Crippen LogP) is 2.95. The van der Waals surface area contributed by atoms with Crippen molar-refractivity contribution in [2.45, 2.75) is 45.8 Å². The molecule has 0 bridgehead atoms. The van der Waals surface area contributed by atoms with E-state index in [4.69, 9.17) is 5.73 Å². The Hall–Kier alpha value is -4.03. The second-order valence-corrected chi connectivity index (χ2v) is 9.27. The molecule has 0 radical (unpaired) electrons. The third-order valence-electron chi connectivity index (χ3n) is 6.40. The summed E-state index contributed by atoms with van der Waals surface area (Å²) < 4.78 is 3.43. The van der Waals surface area contributed by atoms with Crippen molar-refractivity contribution in [2.75, 3.05) is 18.0 Å². The van der Waals surface area contributed by atoms with Gasteiger partial charge in [-0.2, -0.15) is 5.26 Å². The van der Waals surface area contributed by atoms with E-state index in [1.165, 1.54) is 10.9 Å². The van der Waals surface area contributed by atoms with Gasteiger partial charge in [0.15, 0.2) is 0 Å². The van der Waals surface area contributed by atoms with Crippen molar-refractivity contribution in [3.05, 3.63) is 70.2 Å². The molecular formula is C26H28N8O. The maximum absolute atomic E-state index is 13.8. The SMILES string of the molecule is CC(C)=CCn1c(N2CCC[C@H](N)C2)c(C#N)c2ncn(Cc3ncc4ccccc4n3)c(=O)c21. The number of allylic oxidation sites excluding steroid dienone is 2. The van der Waals surface area contributed by atoms with Gasteiger partial charge in [-0.1, -0.05) is 29.8 Å². The lowest BCUT2D eigenvalue weighted by atomic mass is 10.1. The first kappa shape index (κ1) is 22.7. The van der Waals surface area contributed by atoms with Gasteiger partial charge < -0.3 is 15.2 Å². The fourth-order valence-electron chi connectivity index (χ4n) is 4.69. The monoisotopic (exact) mass is 468 g/mol. The Morgan fingerprint density at radius 3 is 2.89 bits per heavy atom. The number of nitriles is 1. The summed E-state index contributed by atoms with van der Waals surface area (Å²) in [5.41, 5.74) is 9.23. The molecule has 0 aliphatic carbocycles. The van der Waals surface area contributed by atoms with E-state index in [1.54, 1.807) is 6.20 Å². The van der Waals surface area contributed by atoms with Crippen molar-refractivity contribution in [1.29, 1.82) is 5.26 Å². The first-order valence-electron chi connectivity index (χ1n) is 11.8. The summed E-state index contributed by atoms with van der Waals surface area (Å²) in [6, 6.07) is 10.1. The first-order chi connectivity index (χ1) is 17.0. The minimum atomic E-state index is -0.224. The van der Waals surface area contributed by atoms with E-state index in [0.717, 1.165) is 41.7 Å². The average Bonchev–Trinajstić information content (AvgIpc) is 3.18. The van der Waals surface area contributed by atoms with Gasteiger partial charge in [0, 0.05) is 37.3 Å². The molecule has 1 saturated heterocycles. The molecule has 0 amide bonds. The van der Waals surface area contributed by atoms with Crippen LogP contribution in [0.15, 0.2) is 53.2 Å². The number of benzene rings is 1. The lowest BCUT2D eigenvalue weighted by molar-refractivity contribution is 0.498. The van der Waals surface area contributed by atoms with E-state index in [9.17, 15) is 10.1 Å². The molecule has 3 aromatic heterocycles. The summed E-state index contributed by atoms with van der Waals surface area (Å²) in [7, 11) is 0. The second-order valence-electron chi connectivity index (χ2n) is 9.27. The second kappa shape index (κ2) is 9.31. The van der Waals surface area contributed by atoms with Gasteiger partial charge in [-0.3, -0.25) is 9.36 Å². The molecule has 178 valence electrons. The number of para-hydroxylation sites is 1. The van der Waals surface area contributed by atoms with Gasteiger partial charge in [0.05, 0.1) is 18.4 Å². The highest BCUT2D eigenvalue weighted by molar-refractivity contribution is 5.89. The number of hydrogen-bond donors (Lipinski definition) is 1. The predicted molar refractivity (Wildman–Crippen MR) is 136 cm³/mol. The minimum absolute atomic E-state index is 0.0277. The highest BCUT2D eigenvalue weighted by Crippen LogP contribution is 2.31. The van der Waals surface area contributed by atoms with Gasteiger partial charge in [-0.25, -0.2) is 15.0 Å². The highest BCUT2D eigenvalue weighted by Gasteiger charge is 2.28. The van der Waals surface area contributed by atoms with Crippen LogP contribution in [0.2, 0.25) is 0 Å². The van der Waals surface area contributed by atoms with Gasteiger partial charge in [0.2, 0.25) is 0 Å². The minimum Gasteiger partial charge on any atom is -0.355 e. The molecule has 2 N–H and O–H groups in total. The van der Waals surface area contributed by atoms with Gasteiger partial charge in [0.1, 0.15) is 34.3 Å². The molecule has 1 atom stereocenters. The molecule has 1 aliphatic rings. The number of aromatic nitrogens is 5. The van der Waals surface area contributed by atoms with Gasteiger partial charge in [-0.15, -0.1) is 0 Å². The number of fused-ring (bicyclic) bond motifs is 2. The van der Waals surface area contributed by atoms with Crippen LogP contribution in [0.1, 0.15) is 38.1 Å². The summed E-state index contributed by atoms with van der Waals surface area (Å²) >= 11 is 0. The summed E-state index contributed by atoms with van der Waals surface area (Å²) in [5.74, 6) is 1.25. The van der Waals surface area contributed by atoms with Crippen molar-refractivity contribution in [3.8, 4) is 6.07 Å². The summed E-state index contributed by atoms with van der Waals surface area (Å²) in [5, 5.41) is 11.0. The van der Waals surface area contributed by atoms with Crippen LogP contribution < -0.4 is 16.2 Å². The van der Waals surface area contributed by atoms with E-state index in [1.807, 2.05) is 42.7 Å². The summed E-state index contributed by atoms with van der Waals surface area (Å²) in [4.78, 5) is 29.5. The lowest BCUT2D eigenvalue weighted by Gasteiger charge is -2.33. The van der Waals surface area contributed by atoms with Gasteiger partial charge in [0.25, 0.3) is 5.56 Å². The molecular weight excluding hydrogens is 440 g/mol. The molecule has 0 unspecified atom stereocenters. The van der Waals surface area contributed by atoms with E-state index in [0.29, 0.717) is 35.5 Å². The Morgan fingerprint density at radius 1 is 1.29 bits per heavy atom. The van der Waals surface area contributed by atoms with Crippen LogP contribution in [-0.2, 0) is 13.1 Å². The molecule has 4 aromatic rings. The molecule has 0 saturated carbocycles. The smallest absolute Gasteiger partial charge is 0.278 e. The van der Waals surface area contributed by atoms with Crippen molar-refractivity contribution >= 4 is 27.8 Å².